The van der Waals surface area contributed by atoms with Gasteiger partial charge in [0, 0.05) is 15.4 Å². The van der Waals surface area contributed by atoms with Gasteiger partial charge < -0.3 is 14.5 Å². The Morgan fingerprint density at radius 3 is 2.67 bits per heavy atom. The van der Waals surface area contributed by atoms with Crippen molar-refractivity contribution in [2.24, 2.45) is 0 Å². The first-order valence-electron chi connectivity index (χ1n) is 9.62. The first-order chi connectivity index (χ1) is 16.0. The van der Waals surface area contributed by atoms with E-state index in [1.807, 2.05) is 29.6 Å². The van der Waals surface area contributed by atoms with Crippen LogP contribution in [0.2, 0.25) is 0 Å². The highest BCUT2D eigenvalue weighted by Crippen LogP contribution is 2.27. The molecule has 0 saturated carbocycles. The quantitative estimate of drug-likeness (QED) is 0.320. The molecule has 2 amide bonds. The molecule has 0 unspecified atom stereocenters. The zero-order valence-electron chi connectivity index (χ0n) is 16.9. The average Bonchev–Trinajstić information content (AvgIpc) is 3.50. The van der Waals surface area contributed by atoms with Gasteiger partial charge in [0.25, 0.3) is 11.8 Å². The molecule has 0 spiro atoms. The summed E-state index contributed by atoms with van der Waals surface area (Å²) < 4.78 is 11.1. The lowest BCUT2D eigenvalue weighted by atomic mass is 10.1. The van der Waals surface area contributed by atoms with E-state index in [0.717, 1.165) is 15.7 Å². The Balaban J connectivity index is 1.35. The van der Waals surface area contributed by atoms with Gasteiger partial charge in [0.05, 0.1) is 23.2 Å². The number of aromatic nitrogens is 1. The molecule has 4 aromatic rings. The third-order valence-corrected chi connectivity index (χ3v) is 5.60. The number of halogens is 1. The molecule has 0 saturated heterocycles. The van der Waals surface area contributed by atoms with E-state index in [1.165, 1.54) is 29.7 Å². The summed E-state index contributed by atoms with van der Waals surface area (Å²) >= 11 is 4.68. The number of carbonyl (C=O) groups excluding carboxylic acids is 3. The van der Waals surface area contributed by atoms with Gasteiger partial charge in [-0.2, -0.15) is 0 Å². The van der Waals surface area contributed by atoms with Crippen LogP contribution in [0.25, 0.3) is 11.3 Å². The van der Waals surface area contributed by atoms with E-state index in [1.54, 1.807) is 24.3 Å². The third-order valence-electron chi connectivity index (χ3n) is 4.35. The van der Waals surface area contributed by atoms with Gasteiger partial charge in [-0.3, -0.25) is 14.9 Å². The molecule has 166 valence electrons. The summed E-state index contributed by atoms with van der Waals surface area (Å²) in [5, 5.41) is 7.42. The van der Waals surface area contributed by atoms with Crippen LogP contribution in [0.15, 0.2) is 81.2 Å². The summed E-state index contributed by atoms with van der Waals surface area (Å²) in [7, 11) is 0. The molecular formula is C23H16BrN3O5S. The van der Waals surface area contributed by atoms with Crippen LogP contribution < -0.4 is 10.6 Å². The summed E-state index contributed by atoms with van der Waals surface area (Å²) in [6.45, 7) is -0.509. The summed E-state index contributed by atoms with van der Waals surface area (Å²) in [6.07, 6.45) is 1.37. The Labute approximate surface area is 200 Å². The first kappa shape index (κ1) is 22.4. The molecule has 2 aromatic carbocycles. The Morgan fingerprint density at radius 2 is 1.88 bits per heavy atom. The highest BCUT2D eigenvalue weighted by Gasteiger charge is 2.18. The average molecular weight is 526 g/mol. The topological polar surface area (TPSA) is 111 Å². The molecule has 0 aliphatic heterocycles. The second kappa shape index (κ2) is 10.2. The van der Waals surface area contributed by atoms with E-state index < -0.39 is 24.4 Å². The molecule has 0 aliphatic rings. The maximum atomic E-state index is 12.5. The molecule has 2 N–H and O–H groups in total. The fraction of sp³-hybridized carbons (Fsp3) is 0.0435. The molecule has 2 aromatic heterocycles. The monoisotopic (exact) mass is 525 g/mol. The molecule has 8 nitrogen and oxygen atoms in total. The molecule has 0 radical (unpaired) electrons. The number of amides is 2. The van der Waals surface area contributed by atoms with Gasteiger partial charge >= 0.3 is 5.97 Å². The maximum Gasteiger partial charge on any atom is 0.340 e. The number of esters is 1. The number of carbonyl (C=O) groups is 3. The third kappa shape index (κ3) is 5.73. The van der Waals surface area contributed by atoms with Crippen molar-refractivity contribution in [3.63, 3.8) is 0 Å². The van der Waals surface area contributed by atoms with E-state index >= 15 is 0 Å². The van der Waals surface area contributed by atoms with Gasteiger partial charge in [0.1, 0.15) is 0 Å². The van der Waals surface area contributed by atoms with Crippen LogP contribution in [-0.4, -0.2) is 29.4 Å². The van der Waals surface area contributed by atoms with Crippen molar-refractivity contribution in [3.05, 3.63) is 88.1 Å². The summed E-state index contributed by atoms with van der Waals surface area (Å²) in [6, 6.07) is 17.0. The predicted molar refractivity (Wildman–Crippen MR) is 127 cm³/mol. The molecule has 33 heavy (non-hydrogen) atoms. The van der Waals surface area contributed by atoms with Crippen molar-refractivity contribution >= 4 is 55.9 Å². The van der Waals surface area contributed by atoms with Crippen molar-refractivity contribution in [1.82, 2.24) is 4.98 Å². The smallest absolute Gasteiger partial charge is 0.340 e. The lowest BCUT2D eigenvalue weighted by Gasteiger charge is -2.10. The highest BCUT2D eigenvalue weighted by molar-refractivity contribution is 9.10. The van der Waals surface area contributed by atoms with Gasteiger partial charge in [-0.1, -0.05) is 40.2 Å². The fourth-order valence-corrected chi connectivity index (χ4v) is 3.97. The molecular weight excluding hydrogens is 510 g/mol. The number of anilines is 2. The van der Waals surface area contributed by atoms with E-state index in [0.29, 0.717) is 5.13 Å². The SMILES string of the molecule is O=C(COC(=O)c1ccccc1NC(=O)c1ccco1)Nc1nc(-c2cccc(Br)c2)cs1. The van der Waals surface area contributed by atoms with Gasteiger partial charge in [0.15, 0.2) is 17.5 Å². The number of furan rings is 1. The zero-order valence-corrected chi connectivity index (χ0v) is 19.3. The number of hydrogen-bond acceptors (Lipinski definition) is 7. The van der Waals surface area contributed by atoms with Crippen LogP contribution in [-0.2, 0) is 9.53 Å². The lowest BCUT2D eigenvalue weighted by molar-refractivity contribution is -0.119. The van der Waals surface area contributed by atoms with Crippen LogP contribution in [0.4, 0.5) is 10.8 Å². The van der Waals surface area contributed by atoms with Crippen LogP contribution >= 0.6 is 27.3 Å². The molecule has 0 bridgehead atoms. The molecule has 0 fully saturated rings. The minimum Gasteiger partial charge on any atom is -0.459 e. The Bertz CT molecular complexity index is 1300. The van der Waals surface area contributed by atoms with E-state index in [-0.39, 0.29) is 17.0 Å². The van der Waals surface area contributed by atoms with E-state index in [4.69, 9.17) is 9.15 Å². The Morgan fingerprint density at radius 1 is 1.03 bits per heavy atom. The molecule has 10 heteroatoms. The number of nitrogens with zero attached hydrogens (tertiary/aromatic N) is 1. The largest absolute Gasteiger partial charge is 0.459 e. The molecule has 2 heterocycles. The highest BCUT2D eigenvalue weighted by atomic mass is 79.9. The van der Waals surface area contributed by atoms with Gasteiger partial charge in [-0.25, -0.2) is 9.78 Å². The van der Waals surface area contributed by atoms with Crippen molar-refractivity contribution < 1.29 is 23.5 Å². The lowest BCUT2D eigenvalue weighted by Crippen LogP contribution is -2.22. The Hall–Kier alpha value is -3.76. The van der Waals surface area contributed by atoms with Gasteiger partial charge in [0.2, 0.25) is 0 Å². The van der Waals surface area contributed by atoms with Crippen molar-refractivity contribution in [2.75, 3.05) is 17.2 Å². The van der Waals surface area contributed by atoms with Crippen LogP contribution in [0.5, 0.6) is 0 Å². The number of rotatable bonds is 7. The predicted octanol–water partition coefficient (Wildman–Crippen LogP) is 5.21. The van der Waals surface area contributed by atoms with Crippen molar-refractivity contribution in [2.45, 2.75) is 0 Å². The standard InChI is InChI=1S/C23H16BrN3O5S/c24-15-6-3-5-14(11-15)18-13-33-23(26-18)27-20(28)12-32-22(30)16-7-1-2-8-17(16)25-21(29)19-9-4-10-31-19/h1-11,13H,12H2,(H,25,29)(H,26,27,28). The van der Waals surface area contributed by atoms with Crippen molar-refractivity contribution in [1.29, 1.82) is 0 Å². The second-order valence-electron chi connectivity index (χ2n) is 6.65. The van der Waals surface area contributed by atoms with Crippen LogP contribution in [0.3, 0.4) is 0 Å². The number of para-hydroxylation sites is 1. The minimum atomic E-state index is -0.755. The first-order valence-corrected chi connectivity index (χ1v) is 11.3. The van der Waals surface area contributed by atoms with Gasteiger partial charge in [-0.15, -0.1) is 11.3 Å². The number of nitrogens with one attached hydrogen (secondary N) is 2. The second-order valence-corrected chi connectivity index (χ2v) is 8.42. The number of ether oxygens (including phenoxy) is 1. The number of hydrogen-bond donors (Lipinski definition) is 2. The van der Waals surface area contributed by atoms with E-state index in [9.17, 15) is 14.4 Å². The van der Waals surface area contributed by atoms with Crippen LogP contribution in [0, 0.1) is 0 Å². The summed E-state index contributed by atoms with van der Waals surface area (Å²) in [5.74, 6) is -1.70. The summed E-state index contributed by atoms with van der Waals surface area (Å²) in [4.78, 5) is 41.4. The normalized spacial score (nSPS) is 10.5. The maximum absolute atomic E-state index is 12.5. The van der Waals surface area contributed by atoms with E-state index in [2.05, 4.69) is 31.5 Å². The van der Waals surface area contributed by atoms with Crippen molar-refractivity contribution in [3.8, 4) is 11.3 Å². The molecule has 0 atom stereocenters. The summed E-state index contributed by atoms with van der Waals surface area (Å²) in [5.41, 5.74) is 1.97. The number of thiazole rings is 1. The minimum absolute atomic E-state index is 0.100. The molecule has 4 rings (SSSR count). The molecule has 0 aliphatic carbocycles. The number of benzene rings is 2. The van der Waals surface area contributed by atoms with Gasteiger partial charge in [-0.05, 0) is 36.4 Å². The Kier molecular flexibility index (Phi) is 6.96. The fourth-order valence-electron chi connectivity index (χ4n) is 2.84. The van der Waals surface area contributed by atoms with Crippen LogP contribution in [0.1, 0.15) is 20.9 Å². The zero-order chi connectivity index (χ0) is 23.2.